The molecule has 0 N–H and O–H groups in total. The molecule has 2 unspecified atom stereocenters. The summed E-state index contributed by atoms with van der Waals surface area (Å²) in [6.07, 6.45) is 20.6. The number of hydrogen-bond acceptors (Lipinski definition) is 3. The quantitative estimate of drug-likeness (QED) is 0.190. The highest BCUT2D eigenvalue weighted by molar-refractivity contribution is 5.94. The summed E-state index contributed by atoms with van der Waals surface area (Å²) in [6.45, 7) is 8.17. The van der Waals surface area contributed by atoms with Crippen molar-refractivity contribution >= 4 is 5.78 Å². The largest absolute Gasteiger partial charge is 0.497 e. The van der Waals surface area contributed by atoms with Gasteiger partial charge in [-0.3, -0.25) is 4.79 Å². The molecule has 0 radical (unpaired) electrons. The molecule has 1 aromatic carbocycles. The average molecular weight is 453 g/mol. The van der Waals surface area contributed by atoms with Gasteiger partial charge in [0.05, 0.1) is 13.7 Å². The van der Waals surface area contributed by atoms with Crippen LogP contribution in [0.25, 0.3) is 0 Å². The lowest BCUT2D eigenvalue weighted by atomic mass is 9.77. The molecule has 33 heavy (non-hydrogen) atoms. The molecule has 1 aliphatic rings. The number of ether oxygens (including phenoxy) is 2. The number of ketones is 1. The van der Waals surface area contributed by atoms with E-state index in [2.05, 4.69) is 51.2 Å². The second-order valence-electron chi connectivity index (χ2n) is 9.49. The van der Waals surface area contributed by atoms with Gasteiger partial charge in [0.2, 0.25) is 0 Å². The van der Waals surface area contributed by atoms with Gasteiger partial charge in [-0.25, -0.2) is 0 Å². The van der Waals surface area contributed by atoms with Crippen LogP contribution in [0.15, 0.2) is 60.7 Å². The van der Waals surface area contributed by atoms with Crippen molar-refractivity contribution < 1.29 is 14.3 Å². The maximum Gasteiger partial charge on any atom is 0.159 e. The molecule has 1 aliphatic carbocycles. The molecule has 0 bridgehead atoms. The third-order valence-electron chi connectivity index (χ3n) is 6.54. The predicted octanol–water partition coefficient (Wildman–Crippen LogP) is 7.72. The van der Waals surface area contributed by atoms with Crippen molar-refractivity contribution in [2.45, 2.75) is 72.3 Å². The number of allylic oxidation sites excluding steroid dienone is 6. The Morgan fingerprint density at radius 1 is 1.03 bits per heavy atom. The molecule has 0 heterocycles. The van der Waals surface area contributed by atoms with Crippen LogP contribution in [-0.4, -0.2) is 19.5 Å². The van der Waals surface area contributed by atoms with Crippen molar-refractivity contribution in [2.24, 2.45) is 23.7 Å². The summed E-state index contributed by atoms with van der Waals surface area (Å²) in [5, 5.41) is 0. The molecule has 0 aromatic heterocycles. The Labute approximate surface area is 202 Å². The smallest absolute Gasteiger partial charge is 0.159 e. The van der Waals surface area contributed by atoms with Crippen molar-refractivity contribution in [3.8, 4) is 5.75 Å². The molecule has 3 heteroatoms. The summed E-state index contributed by atoms with van der Waals surface area (Å²) in [5.41, 5.74) is 1.17. The fourth-order valence-electron chi connectivity index (χ4n) is 4.71. The second kappa shape index (κ2) is 15.7. The summed E-state index contributed by atoms with van der Waals surface area (Å²) in [4.78, 5) is 12.5. The zero-order chi connectivity index (χ0) is 23.9. The van der Waals surface area contributed by atoms with Gasteiger partial charge in [0.25, 0.3) is 0 Å². The molecule has 0 amide bonds. The molecule has 0 spiro atoms. The van der Waals surface area contributed by atoms with Gasteiger partial charge in [-0.1, -0.05) is 63.3 Å². The molecule has 0 saturated carbocycles. The summed E-state index contributed by atoms with van der Waals surface area (Å²) in [5.74, 6) is 2.76. The second-order valence-corrected chi connectivity index (χ2v) is 9.49. The molecule has 1 aromatic rings. The first-order valence-electron chi connectivity index (χ1n) is 12.8. The Kier molecular flexibility index (Phi) is 12.9. The summed E-state index contributed by atoms with van der Waals surface area (Å²) in [6, 6.07) is 8.02. The van der Waals surface area contributed by atoms with Crippen LogP contribution in [0.2, 0.25) is 0 Å². The van der Waals surface area contributed by atoms with Gasteiger partial charge in [0.1, 0.15) is 5.75 Å². The zero-order valence-corrected chi connectivity index (χ0v) is 21.2. The fourth-order valence-corrected chi connectivity index (χ4v) is 4.71. The molecule has 0 saturated heterocycles. The third kappa shape index (κ3) is 10.1. The predicted molar refractivity (Wildman–Crippen MR) is 138 cm³/mol. The van der Waals surface area contributed by atoms with Crippen molar-refractivity contribution in [1.82, 2.24) is 0 Å². The van der Waals surface area contributed by atoms with Gasteiger partial charge < -0.3 is 9.47 Å². The van der Waals surface area contributed by atoms with Gasteiger partial charge in [0.15, 0.2) is 5.78 Å². The van der Waals surface area contributed by atoms with Gasteiger partial charge in [-0.05, 0) is 86.5 Å². The van der Waals surface area contributed by atoms with E-state index in [1.165, 1.54) is 5.56 Å². The van der Waals surface area contributed by atoms with Crippen LogP contribution in [0.3, 0.4) is 0 Å². The Balaban J connectivity index is 1.61. The topological polar surface area (TPSA) is 35.5 Å². The van der Waals surface area contributed by atoms with E-state index in [0.717, 1.165) is 57.3 Å². The zero-order valence-electron chi connectivity index (χ0n) is 21.2. The number of rotatable bonds is 16. The van der Waals surface area contributed by atoms with Gasteiger partial charge in [-0.2, -0.15) is 0 Å². The first-order valence-corrected chi connectivity index (χ1v) is 12.8. The molecule has 0 fully saturated rings. The van der Waals surface area contributed by atoms with Crippen LogP contribution in [0, 0.1) is 23.7 Å². The number of carbonyl (C=O) groups excluding carboxylic acids is 1. The SMILES string of the molecule is CC/C=C\C[C@H](C)CC(C)C1C(=O)C=C[C@@H]1C/C=C\CCCCOCc1ccc(OC)cc1. The van der Waals surface area contributed by atoms with Crippen LogP contribution >= 0.6 is 0 Å². The lowest BCUT2D eigenvalue weighted by molar-refractivity contribution is -0.120. The number of hydrogen-bond donors (Lipinski definition) is 0. The van der Waals surface area contributed by atoms with Crippen LogP contribution < -0.4 is 4.74 Å². The van der Waals surface area contributed by atoms with Crippen LogP contribution in [-0.2, 0) is 16.1 Å². The van der Waals surface area contributed by atoms with Crippen LogP contribution in [0.5, 0.6) is 5.75 Å². The highest BCUT2D eigenvalue weighted by Crippen LogP contribution is 2.35. The maximum atomic E-state index is 12.5. The van der Waals surface area contributed by atoms with E-state index in [-0.39, 0.29) is 5.92 Å². The Morgan fingerprint density at radius 3 is 2.55 bits per heavy atom. The minimum Gasteiger partial charge on any atom is -0.497 e. The van der Waals surface area contributed by atoms with E-state index < -0.39 is 0 Å². The van der Waals surface area contributed by atoms with E-state index in [1.54, 1.807) is 7.11 Å². The Bertz CT molecular complexity index is 759. The normalized spacial score (nSPS) is 20.2. The molecule has 0 aliphatic heterocycles. The lowest BCUT2D eigenvalue weighted by Gasteiger charge is -2.26. The van der Waals surface area contributed by atoms with Gasteiger partial charge in [0, 0.05) is 12.5 Å². The standard InChI is InChI=1S/C30H44O3/c1-5-6-10-13-24(2)22-25(3)30-27(17-20-29(30)31)14-11-8-7-9-12-21-33-23-26-15-18-28(32-4)19-16-26/h6,8,10-11,15-20,24-25,27,30H,5,7,9,12-14,21-23H2,1-4H3/b10-6-,11-8-/t24-,25?,27-,30?/m0/s1. The molecule has 3 nitrogen and oxygen atoms in total. The summed E-state index contributed by atoms with van der Waals surface area (Å²) >= 11 is 0. The molecule has 182 valence electrons. The molecular formula is C30H44O3. The van der Waals surface area contributed by atoms with E-state index in [9.17, 15) is 4.79 Å². The fraction of sp³-hybridized carbons (Fsp3) is 0.567. The van der Waals surface area contributed by atoms with Crippen molar-refractivity contribution in [2.75, 3.05) is 13.7 Å². The number of methoxy groups -OCH3 is 1. The first kappa shape index (κ1) is 27.1. The minimum absolute atomic E-state index is 0.151. The van der Waals surface area contributed by atoms with E-state index >= 15 is 0 Å². The number of benzene rings is 1. The van der Waals surface area contributed by atoms with Crippen molar-refractivity contribution in [3.63, 3.8) is 0 Å². The van der Waals surface area contributed by atoms with Gasteiger partial charge >= 0.3 is 0 Å². The average Bonchev–Trinajstić information content (AvgIpc) is 3.18. The van der Waals surface area contributed by atoms with Crippen molar-refractivity contribution in [3.05, 3.63) is 66.3 Å². The minimum atomic E-state index is 0.151. The van der Waals surface area contributed by atoms with E-state index in [4.69, 9.17) is 9.47 Å². The van der Waals surface area contributed by atoms with Crippen LogP contribution in [0.1, 0.15) is 71.3 Å². The molecule has 2 rings (SSSR count). The Morgan fingerprint density at radius 2 is 1.82 bits per heavy atom. The Hall–Kier alpha value is -2.13. The highest BCUT2D eigenvalue weighted by Gasteiger charge is 2.34. The third-order valence-corrected chi connectivity index (χ3v) is 6.54. The van der Waals surface area contributed by atoms with Gasteiger partial charge in [-0.15, -0.1) is 0 Å². The van der Waals surface area contributed by atoms with E-state index in [1.807, 2.05) is 30.3 Å². The first-order chi connectivity index (χ1) is 16.0. The number of carbonyl (C=O) groups is 1. The molecule has 4 atom stereocenters. The summed E-state index contributed by atoms with van der Waals surface area (Å²) < 4.78 is 11.0. The highest BCUT2D eigenvalue weighted by atomic mass is 16.5. The van der Waals surface area contributed by atoms with Crippen LogP contribution in [0.4, 0.5) is 0 Å². The maximum absolute atomic E-state index is 12.5. The summed E-state index contributed by atoms with van der Waals surface area (Å²) in [7, 11) is 1.68. The molecular weight excluding hydrogens is 408 g/mol. The lowest BCUT2D eigenvalue weighted by Crippen LogP contribution is -2.25. The van der Waals surface area contributed by atoms with E-state index in [0.29, 0.717) is 30.1 Å². The van der Waals surface area contributed by atoms with Crippen molar-refractivity contribution in [1.29, 1.82) is 0 Å². The monoisotopic (exact) mass is 452 g/mol. The number of unbranched alkanes of at least 4 members (excludes halogenated alkanes) is 2.